The molecule has 1 aromatic heterocycles. The molecule has 0 saturated heterocycles. The molecule has 1 heterocycles. The van der Waals surface area contributed by atoms with Gasteiger partial charge in [0, 0.05) is 10.8 Å². The molecule has 3 heteroatoms. The highest BCUT2D eigenvalue weighted by atomic mass is 16.5. The van der Waals surface area contributed by atoms with Crippen LogP contribution in [0.2, 0.25) is 0 Å². The zero-order valence-electron chi connectivity index (χ0n) is 10.7. The number of carbonyl (C=O) groups excluding carboxylic acids is 1. The van der Waals surface area contributed by atoms with E-state index in [2.05, 4.69) is 0 Å². The highest BCUT2D eigenvalue weighted by Crippen LogP contribution is 2.29. The van der Waals surface area contributed by atoms with Crippen LogP contribution in [0.4, 0.5) is 0 Å². The number of esters is 1. The van der Waals surface area contributed by atoms with Gasteiger partial charge >= 0.3 is 5.97 Å². The fraction of sp³-hybridized carbons (Fsp3) is 0.235. The molecule has 0 bridgehead atoms. The highest BCUT2D eigenvalue weighted by molar-refractivity contribution is 6.05. The van der Waals surface area contributed by atoms with E-state index in [0.717, 1.165) is 27.5 Å². The first-order chi connectivity index (χ1) is 9.28. The third-order valence-corrected chi connectivity index (χ3v) is 3.10. The zero-order chi connectivity index (χ0) is 13.2. The number of rotatable bonds is 3. The van der Waals surface area contributed by atoms with Crippen LogP contribution in [-0.2, 0) is 16.0 Å². The normalized spacial score (nSPS) is 10.4. The second kappa shape index (κ2) is 5.78. The smallest absolute Gasteiger partial charge is 0.310 e. The molecule has 0 radical (unpaired) electrons. The number of furan rings is 1. The van der Waals surface area contributed by atoms with Crippen LogP contribution in [0.15, 0.2) is 46.9 Å². The Hall–Kier alpha value is -2.29. The van der Waals surface area contributed by atoms with Crippen molar-refractivity contribution in [1.29, 1.82) is 0 Å². The Kier molecular flexibility index (Phi) is 4.08. The molecule has 3 rings (SSSR count). The topological polar surface area (TPSA) is 39.4 Å². The van der Waals surface area contributed by atoms with Crippen LogP contribution in [0.3, 0.4) is 0 Å². The monoisotopic (exact) mass is 270 g/mol. The average molecular weight is 270 g/mol. The molecular weight excluding hydrogens is 252 g/mol. The lowest BCUT2D eigenvalue weighted by atomic mass is 10.1. The molecule has 0 saturated carbocycles. The van der Waals surface area contributed by atoms with Crippen molar-refractivity contribution in [2.24, 2.45) is 0 Å². The van der Waals surface area contributed by atoms with Gasteiger partial charge in [-0.3, -0.25) is 4.79 Å². The first kappa shape index (κ1) is 14.1. The highest BCUT2D eigenvalue weighted by Gasteiger charge is 2.09. The van der Waals surface area contributed by atoms with Gasteiger partial charge in [-0.2, -0.15) is 0 Å². The quantitative estimate of drug-likeness (QED) is 0.665. The maximum Gasteiger partial charge on any atom is 0.310 e. The Morgan fingerprint density at radius 1 is 1.10 bits per heavy atom. The van der Waals surface area contributed by atoms with Gasteiger partial charge in [0.05, 0.1) is 13.0 Å². The summed E-state index contributed by atoms with van der Waals surface area (Å²) in [6.45, 7) is 2.21. The van der Waals surface area contributed by atoms with Crippen molar-refractivity contribution in [3.05, 3.63) is 48.0 Å². The van der Waals surface area contributed by atoms with Crippen LogP contribution in [0.1, 0.15) is 19.9 Å². The molecule has 0 atom stereocenters. The van der Waals surface area contributed by atoms with Gasteiger partial charge in [0.15, 0.2) is 0 Å². The van der Waals surface area contributed by atoms with E-state index >= 15 is 0 Å². The largest absolute Gasteiger partial charge is 0.466 e. The van der Waals surface area contributed by atoms with Crippen molar-refractivity contribution in [3.8, 4) is 0 Å². The Labute approximate surface area is 118 Å². The minimum Gasteiger partial charge on any atom is -0.466 e. The van der Waals surface area contributed by atoms with Crippen LogP contribution >= 0.6 is 0 Å². The lowest BCUT2D eigenvalue weighted by Crippen LogP contribution is -2.07. The van der Waals surface area contributed by atoms with E-state index in [1.807, 2.05) is 42.5 Å². The second-order valence-corrected chi connectivity index (χ2v) is 4.41. The van der Waals surface area contributed by atoms with Crippen LogP contribution < -0.4 is 0 Å². The molecule has 0 aliphatic rings. The fourth-order valence-corrected chi connectivity index (χ4v) is 2.26. The summed E-state index contributed by atoms with van der Waals surface area (Å²) >= 11 is 0. The molecule has 20 heavy (non-hydrogen) atoms. The predicted octanol–water partition coefficient (Wildman–Crippen LogP) is 4.33. The summed E-state index contributed by atoms with van der Waals surface area (Å²) in [5.41, 5.74) is 2.58. The molecule has 2 aromatic carbocycles. The van der Waals surface area contributed by atoms with Crippen molar-refractivity contribution in [1.82, 2.24) is 0 Å². The number of hydrogen-bond donors (Lipinski definition) is 0. The molecule has 0 aliphatic carbocycles. The van der Waals surface area contributed by atoms with Gasteiger partial charge in [0.1, 0.15) is 11.2 Å². The second-order valence-electron chi connectivity index (χ2n) is 4.41. The maximum absolute atomic E-state index is 11.5. The van der Waals surface area contributed by atoms with Crippen LogP contribution in [-0.4, -0.2) is 12.6 Å². The van der Waals surface area contributed by atoms with E-state index < -0.39 is 0 Å². The fourth-order valence-electron chi connectivity index (χ4n) is 2.26. The van der Waals surface area contributed by atoms with Crippen molar-refractivity contribution in [3.63, 3.8) is 0 Å². The molecule has 0 unspecified atom stereocenters. The average Bonchev–Trinajstić information content (AvgIpc) is 2.76. The summed E-state index contributed by atoms with van der Waals surface area (Å²) in [7, 11) is 0. The lowest BCUT2D eigenvalue weighted by molar-refractivity contribution is -0.142. The molecule has 3 aromatic rings. The Morgan fingerprint density at radius 3 is 2.65 bits per heavy atom. The van der Waals surface area contributed by atoms with E-state index in [1.54, 1.807) is 6.92 Å². The van der Waals surface area contributed by atoms with Crippen molar-refractivity contribution in [2.75, 3.05) is 6.61 Å². The molecular formula is C17H18O3. The van der Waals surface area contributed by atoms with Gasteiger partial charge < -0.3 is 9.15 Å². The minimum atomic E-state index is -0.210. The molecule has 0 aliphatic heterocycles. The molecule has 3 nitrogen and oxygen atoms in total. The summed E-state index contributed by atoms with van der Waals surface area (Å²) in [4.78, 5) is 11.5. The lowest BCUT2D eigenvalue weighted by Gasteiger charge is -2.01. The number of fused-ring (bicyclic) bond motifs is 3. The first-order valence-electron chi connectivity index (χ1n) is 6.33. The Bertz CT molecular complexity index is 740. The van der Waals surface area contributed by atoms with E-state index in [0.29, 0.717) is 6.61 Å². The predicted molar refractivity (Wildman–Crippen MR) is 80.8 cm³/mol. The number of para-hydroxylation sites is 1. The molecule has 104 valence electrons. The van der Waals surface area contributed by atoms with Gasteiger partial charge in [-0.1, -0.05) is 37.8 Å². The van der Waals surface area contributed by atoms with Gasteiger partial charge in [-0.05, 0) is 24.6 Å². The van der Waals surface area contributed by atoms with Gasteiger partial charge in [-0.15, -0.1) is 0 Å². The van der Waals surface area contributed by atoms with Crippen molar-refractivity contribution >= 4 is 27.9 Å². The van der Waals surface area contributed by atoms with E-state index in [4.69, 9.17) is 9.15 Å². The Balaban J connectivity index is 0.00000147. The first-order valence-corrected chi connectivity index (χ1v) is 6.33. The van der Waals surface area contributed by atoms with E-state index in [1.165, 1.54) is 0 Å². The molecule has 0 amide bonds. The van der Waals surface area contributed by atoms with Gasteiger partial charge in [0.2, 0.25) is 0 Å². The SMILES string of the molecule is C.CCOC(=O)Cc1ccc2c(c1)oc1ccccc12. The summed E-state index contributed by atoms with van der Waals surface area (Å²) in [6.07, 6.45) is 0.279. The number of hydrogen-bond acceptors (Lipinski definition) is 3. The summed E-state index contributed by atoms with van der Waals surface area (Å²) in [5.74, 6) is -0.210. The molecule has 0 fully saturated rings. The van der Waals surface area contributed by atoms with Crippen LogP contribution in [0.5, 0.6) is 0 Å². The zero-order valence-corrected chi connectivity index (χ0v) is 10.7. The summed E-state index contributed by atoms with van der Waals surface area (Å²) in [6, 6.07) is 13.8. The Morgan fingerprint density at radius 2 is 1.85 bits per heavy atom. The maximum atomic E-state index is 11.5. The van der Waals surface area contributed by atoms with Gasteiger partial charge in [0.25, 0.3) is 0 Å². The number of carbonyl (C=O) groups is 1. The third kappa shape index (κ3) is 2.52. The van der Waals surface area contributed by atoms with Crippen molar-refractivity contribution in [2.45, 2.75) is 20.8 Å². The molecule has 0 N–H and O–H groups in total. The van der Waals surface area contributed by atoms with Crippen LogP contribution in [0.25, 0.3) is 21.9 Å². The molecule has 0 spiro atoms. The van der Waals surface area contributed by atoms with E-state index in [9.17, 15) is 4.79 Å². The summed E-state index contributed by atoms with van der Waals surface area (Å²) < 4.78 is 10.7. The minimum absolute atomic E-state index is 0. The standard InChI is InChI=1S/C16H14O3.CH4/c1-2-18-16(17)10-11-7-8-13-12-5-3-4-6-14(12)19-15(13)9-11;/h3-9H,2,10H2,1H3;1H4. The van der Waals surface area contributed by atoms with Gasteiger partial charge in [-0.25, -0.2) is 0 Å². The number of benzene rings is 2. The summed E-state index contributed by atoms with van der Waals surface area (Å²) in [5, 5.41) is 2.17. The van der Waals surface area contributed by atoms with Crippen molar-refractivity contribution < 1.29 is 13.9 Å². The third-order valence-electron chi connectivity index (χ3n) is 3.10. The van der Waals surface area contributed by atoms with E-state index in [-0.39, 0.29) is 19.8 Å². The number of ether oxygens (including phenoxy) is 1. The van der Waals surface area contributed by atoms with Crippen LogP contribution in [0, 0.1) is 0 Å².